The standard InChI is InChI=1S/C19H18F4O4S2/c1-2-12-6-8-13(9-7-12)27-10-4-3-5-11-28-18-14(20)16(22)19(29(24,25)26)17(23)15(18)21/h2,6-9H,1,3-5,10-11H2,(H,24,25,26)/p-1. The number of benzene rings is 2. The average molecular weight is 449 g/mol. The Kier molecular flexibility index (Phi) is 8.12. The molecule has 2 rings (SSSR count). The lowest BCUT2D eigenvalue weighted by Gasteiger charge is -2.13. The molecule has 29 heavy (non-hydrogen) atoms. The Balaban J connectivity index is 1.84. The van der Waals surface area contributed by atoms with Crippen LogP contribution in [0.25, 0.3) is 6.08 Å². The van der Waals surface area contributed by atoms with Crippen LogP contribution >= 0.6 is 11.8 Å². The van der Waals surface area contributed by atoms with E-state index < -0.39 is 43.2 Å². The van der Waals surface area contributed by atoms with Gasteiger partial charge in [-0.25, -0.2) is 26.0 Å². The highest BCUT2D eigenvalue weighted by Crippen LogP contribution is 2.33. The molecular formula is C19H17F4O4S2-. The maximum atomic E-state index is 13.9. The van der Waals surface area contributed by atoms with Crippen LogP contribution in [0.3, 0.4) is 0 Å². The van der Waals surface area contributed by atoms with Crippen molar-refractivity contribution in [1.82, 2.24) is 0 Å². The minimum atomic E-state index is -5.70. The fourth-order valence-electron chi connectivity index (χ4n) is 2.38. The number of thioether (sulfide) groups is 1. The number of rotatable bonds is 10. The van der Waals surface area contributed by atoms with Gasteiger partial charge >= 0.3 is 0 Å². The van der Waals surface area contributed by atoms with E-state index in [1.54, 1.807) is 18.2 Å². The summed E-state index contributed by atoms with van der Waals surface area (Å²) in [6.45, 7) is 4.07. The van der Waals surface area contributed by atoms with E-state index in [9.17, 15) is 30.5 Å². The zero-order valence-electron chi connectivity index (χ0n) is 15.1. The highest BCUT2D eigenvalue weighted by atomic mass is 32.2. The Morgan fingerprint density at radius 3 is 2.07 bits per heavy atom. The van der Waals surface area contributed by atoms with E-state index in [1.807, 2.05) is 12.1 Å². The van der Waals surface area contributed by atoms with Crippen LogP contribution in [0.5, 0.6) is 5.75 Å². The van der Waals surface area contributed by atoms with Crippen molar-refractivity contribution in [2.24, 2.45) is 0 Å². The van der Waals surface area contributed by atoms with Crippen LogP contribution in [0.2, 0.25) is 0 Å². The molecule has 10 heteroatoms. The third-order valence-electron chi connectivity index (χ3n) is 3.85. The molecule has 0 spiro atoms. The van der Waals surface area contributed by atoms with E-state index in [0.717, 1.165) is 5.56 Å². The molecule has 0 radical (unpaired) electrons. The summed E-state index contributed by atoms with van der Waals surface area (Å²) in [5.41, 5.74) is 0.961. The van der Waals surface area contributed by atoms with Crippen molar-refractivity contribution in [1.29, 1.82) is 0 Å². The first kappa shape index (κ1) is 23.2. The van der Waals surface area contributed by atoms with Crippen molar-refractivity contribution >= 4 is 28.0 Å². The van der Waals surface area contributed by atoms with Gasteiger partial charge < -0.3 is 9.29 Å². The fourth-order valence-corrected chi connectivity index (χ4v) is 3.99. The molecule has 0 unspecified atom stereocenters. The van der Waals surface area contributed by atoms with Crippen molar-refractivity contribution < 1.29 is 35.3 Å². The second kappa shape index (κ2) is 10.1. The van der Waals surface area contributed by atoms with Gasteiger partial charge in [0.25, 0.3) is 0 Å². The van der Waals surface area contributed by atoms with Crippen molar-refractivity contribution in [3.05, 3.63) is 59.7 Å². The number of unbranched alkanes of at least 4 members (excludes halogenated alkanes) is 2. The molecule has 4 nitrogen and oxygen atoms in total. The lowest BCUT2D eigenvalue weighted by atomic mass is 10.2. The third kappa shape index (κ3) is 5.97. The van der Waals surface area contributed by atoms with E-state index in [-0.39, 0.29) is 5.75 Å². The molecule has 0 saturated carbocycles. The van der Waals surface area contributed by atoms with Gasteiger partial charge in [0.05, 0.1) is 11.5 Å². The molecule has 158 valence electrons. The topological polar surface area (TPSA) is 66.4 Å². The minimum Gasteiger partial charge on any atom is -0.744 e. The van der Waals surface area contributed by atoms with Gasteiger partial charge in [-0.2, -0.15) is 0 Å². The van der Waals surface area contributed by atoms with Crippen LogP contribution in [0.1, 0.15) is 24.8 Å². The molecular weight excluding hydrogens is 432 g/mol. The lowest BCUT2D eigenvalue weighted by Crippen LogP contribution is -2.11. The molecule has 2 aromatic rings. The Labute approximate surface area is 170 Å². The van der Waals surface area contributed by atoms with Gasteiger partial charge in [-0.15, -0.1) is 11.8 Å². The normalized spacial score (nSPS) is 11.5. The predicted octanol–water partition coefficient (Wildman–Crippen LogP) is 5.13. The molecule has 0 N–H and O–H groups in total. The Morgan fingerprint density at radius 2 is 1.55 bits per heavy atom. The van der Waals surface area contributed by atoms with E-state index in [4.69, 9.17) is 4.74 Å². The van der Waals surface area contributed by atoms with Gasteiger partial charge in [0, 0.05) is 0 Å². The molecule has 0 aliphatic rings. The van der Waals surface area contributed by atoms with Gasteiger partial charge in [0.1, 0.15) is 20.8 Å². The van der Waals surface area contributed by atoms with Gasteiger partial charge in [-0.1, -0.05) is 24.8 Å². The average Bonchev–Trinajstić information content (AvgIpc) is 2.67. The molecule has 0 aliphatic heterocycles. The van der Waals surface area contributed by atoms with Crippen LogP contribution in [0, 0.1) is 23.3 Å². The molecule has 0 bridgehead atoms. The van der Waals surface area contributed by atoms with Crippen molar-refractivity contribution in [3.63, 3.8) is 0 Å². The SMILES string of the molecule is C=Cc1ccc(OCCCCCSc2c(F)c(F)c(S(=O)(=O)[O-])c(F)c2F)cc1. The van der Waals surface area contributed by atoms with Gasteiger partial charge in [0.15, 0.2) is 23.3 Å². The zero-order valence-corrected chi connectivity index (χ0v) is 16.7. The van der Waals surface area contributed by atoms with Crippen LogP contribution in [0.15, 0.2) is 40.6 Å². The number of halogens is 4. The molecule has 0 aromatic heterocycles. The van der Waals surface area contributed by atoms with Crippen molar-refractivity contribution in [2.75, 3.05) is 12.4 Å². The molecule has 0 fully saturated rings. The third-order valence-corrected chi connectivity index (χ3v) is 5.85. The minimum absolute atomic E-state index is 0.129. The predicted molar refractivity (Wildman–Crippen MR) is 101 cm³/mol. The number of hydrogen-bond acceptors (Lipinski definition) is 5. The summed E-state index contributed by atoms with van der Waals surface area (Å²) < 4.78 is 93.0. The highest BCUT2D eigenvalue weighted by molar-refractivity contribution is 7.99. The monoisotopic (exact) mass is 449 g/mol. The first-order chi connectivity index (χ1) is 13.7. The Bertz CT molecular complexity index is 948. The molecule has 0 aliphatic carbocycles. The molecule has 0 atom stereocenters. The molecule has 2 aromatic carbocycles. The fraction of sp³-hybridized carbons (Fsp3) is 0.263. The molecule has 0 saturated heterocycles. The highest BCUT2D eigenvalue weighted by Gasteiger charge is 2.28. The quantitative estimate of drug-likeness (QED) is 0.165. The van der Waals surface area contributed by atoms with Crippen LogP contribution in [-0.2, 0) is 10.1 Å². The summed E-state index contributed by atoms with van der Waals surface area (Å²) >= 11 is 0.503. The zero-order chi connectivity index (χ0) is 21.6. The Hall–Kier alpha value is -2.04. The number of hydrogen-bond donors (Lipinski definition) is 0. The van der Waals surface area contributed by atoms with E-state index in [1.165, 1.54) is 0 Å². The number of ether oxygens (including phenoxy) is 1. The summed E-state index contributed by atoms with van der Waals surface area (Å²) in [4.78, 5) is -3.14. The summed E-state index contributed by atoms with van der Waals surface area (Å²) in [7, 11) is -5.70. The van der Waals surface area contributed by atoms with Crippen molar-refractivity contribution in [2.45, 2.75) is 29.1 Å². The van der Waals surface area contributed by atoms with E-state index in [2.05, 4.69) is 6.58 Å². The maximum Gasteiger partial charge on any atom is 0.180 e. The molecule has 0 amide bonds. The Morgan fingerprint density at radius 1 is 0.966 bits per heavy atom. The van der Waals surface area contributed by atoms with Crippen LogP contribution in [-0.4, -0.2) is 25.3 Å². The van der Waals surface area contributed by atoms with Crippen LogP contribution < -0.4 is 4.74 Å². The summed E-state index contributed by atoms with van der Waals surface area (Å²) in [5.74, 6) is -7.39. The van der Waals surface area contributed by atoms with E-state index in [0.29, 0.717) is 43.4 Å². The summed E-state index contributed by atoms with van der Waals surface area (Å²) in [5, 5.41) is 0. The summed E-state index contributed by atoms with van der Waals surface area (Å²) in [6.07, 6.45) is 3.44. The van der Waals surface area contributed by atoms with Gasteiger partial charge in [-0.3, -0.25) is 0 Å². The second-order valence-corrected chi connectivity index (χ2v) is 8.32. The summed E-state index contributed by atoms with van der Waals surface area (Å²) in [6, 6.07) is 7.30. The lowest BCUT2D eigenvalue weighted by molar-refractivity contribution is 0.306. The van der Waals surface area contributed by atoms with Gasteiger partial charge in [0.2, 0.25) is 0 Å². The molecule has 0 heterocycles. The largest absolute Gasteiger partial charge is 0.744 e. The first-order valence-corrected chi connectivity index (χ1v) is 10.9. The van der Waals surface area contributed by atoms with Crippen LogP contribution in [0.4, 0.5) is 17.6 Å². The van der Waals surface area contributed by atoms with E-state index >= 15 is 0 Å². The van der Waals surface area contributed by atoms with Crippen molar-refractivity contribution in [3.8, 4) is 5.75 Å². The first-order valence-electron chi connectivity index (χ1n) is 8.46. The van der Waals surface area contributed by atoms with Gasteiger partial charge in [-0.05, 0) is 42.7 Å². The second-order valence-electron chi connectivity index (χ2n) is 5.90. The maximum absolute atomic E-state index is 13.9. The smallest absolute Gasteiger partial charge is 0.180 e.